The van der Waals surface area contributed by atoms with Crippen LogP contribution >= 0.6 is 0 Å². The lowest BCUT2D eigenvalue weighted by Crippen LogP contribution is -2.45. The SMILES string of the molecule is CCC1CCCCCN1C(C)C(=O)c1ccccc1. The highest BCUT2D eigenvalue weighted by atomic mass is 16.1. The van der Waals surface area contributed by atoms with Gasteiger partial charge in [-0.3, -0.25) is 9.69 Å². The number of carbonyl (C=O) groups excluding carboxylic acids is 1. The third-order valence-corrected chi connectivity index (χ3v) is 4.33. The molecule has 0 bridgehead atoms. The summed E-state index contributed by atoms with van der Waals surface area (Å²) in [5, 5.41) is 0. The van der Waals surface area contributed by atoms with Crippen LogP contribution in [0.15, 0.2) is 30.3 Å². The normalized spacial score (nSPS) is 22.7. The minimum atomic E-state index is 0.00505. The molecule has 2 rings (SSSR count). The fourth-order valence-corrected chi connectivity index (χ4v) is 3.14. The van der Waals surface area contributed by atoms with E-state index in [2.05, 4.69) is 18.7 Å². The Hall–Kier alpha value is -1.15. The highest BCUT2D eigenvalue weighted by molar-refractivity contribution is 5.99. The van der Waals surface area contributed by atoms with Crippen molar-refractivity contribution >= 4 is 5.78 Å². The monoisotopic (exact) mass is 259 g/mol. The Bertz CT molecular complexity index is 401. The Morgan fingerprint density at radius 2 is 2.00 bits per heavy atom. The summed E-state index contributed by atoms with van der Waals surface area (Å²) in [6, 6.07) is 10.3. The molecule has 1 aromatic rings. The number of nitrogens with zero attached hydrogens (tertiary/aromatic N) is 1. The van der Waals surface area contributed by atoms with Gasteiger partial charge in [0.15, 0.2) is 5.78 Å². The molecule has 2 unspecified atom stereocenters. The van der Waals surface area contributed by atoms with Crippen LogP contribution in [0.4, 0.5) is 0 Å². The van der Waals surface area contributed by atoms with Crippen molar-refractivity contribution in [1.29, 1.82) is 0 Å². The maximum atomic E-state index is 12.6. The molecule has 0 radical (unpaired) electrons. The van der Waals surface area contributed by atoms with Crippen molar-refractivity contribution in [3.63, 3.8) is 0 Å². The minimum absolute atomic E-state index is 0.00505. The van der Waals surface area contributed by atoms with Gasteiger partial charge in [-0.1, -0.05) is 50.1 Å². The van der Waals surface area contributed by atoms with Crippen molar-refractivity contribution in [3.05, 3.63) is 35.9 Å². The van der Waals surface area contributed by atoms with E-state index in [1.165, 1.54) is 25.7 Å². The van der Waals surface area contributed by atoms with Crippen molar-refractivity contribution in [1.82, 2.24) is 4.90 Å². The second kappa shape index (κ2) is 6.85. The zero-order chi connectivity index (χ0) is 13.7. The van der Waals surface area contributed by atoms with Gasteiger partial charge in [-0.2, -0.15) is 0 Å². The molecule has 1 heterocycles. The molecule has 1 fully saturated rings. The third kappa shape index (κ3) is 3.44. The summed E-state index contributed by atoms with van der Waals surface area (Å²) in [6.07, 6.45) is 6.22. The molecule has 1 saturated heterocycles. The van der Waals surface area contributed by atoms with Crippen molar-refractivity contribution in [2.75, 3.05) is 6.54 Å². The zero-order valence-corrected chi connectivity index (χ0v) is 12.1. The van der Waals surface area contributed by atoms with Crippen molar-refractivity contribution < 1.29 is 4.79 Å². The Morgan fingerprint density at radius 1 is 1.26 bits per heavy atom. The second-order valence-corrected chi connectivity index (χ2v) is 5.56. The molecular weight excluding hydrogens is 234 g/mol. The van der Waals surface area contributed by atoms with Gasteiger partial charge in [0, 0.05) is 11.6 Å². The molecule has 1 aromatic carbocycles. The number of hydrogen-bond donors (Lipinski definition) is 0. The predicted molar refractivity (Wildman–Crippen MR) is 79.5 cm³/mol. The van der Waals surface area contributed by atoms with Gasteiger partial charge in [-0.25, -0.2) is 0 Å². The minimum Gasteiger partial charge on any atom is -0.292 e. The number of ketones is 1. The summed E-state index contributed by atoms with van der Waals surface area (Å²) in [5.74, 6) is 0.265. The molecule has 1 aliphatic rings. The van der Waals surface area contributed by atoms with E-state index in [1.807, 2.05) is 30.3 Å². The first-order chi connectivity index (χ1) is 9.24. The van der Waals surface area contributed by atoms with Crippen LogP contribution in [0.2, 0.25) is 0 Å². The molecule has 2 atom stereocenters. The van der Waals surface area contributed by atoms with Crippen LogP contribution in [0.3, 0.4) is 0 Å². The molecule has 0 aliphatic carbocycles. The molecule has 0 N–H and O–H groups in total. The van der Waals surface area contributed by atoms with E-state index in [0.29, 0.717) is 6.04 Å². The number of Topliss-reactive ketones (excluding diaryl/α,β-unsaturated/α-hetero) is 1. The van der Waals surface area contributed by atoms with E-state index in [-0.39, 0.29) is 11.8 Å². The fourth-order valence-electron chi connectivity index (χ4n) is 3.14. The Morgan fingerprint density at radius 3 is 2.68 bits per heavy atom. The van der Waals surface area contributed by atoms with E-state index >= 15 is 0 Å². The standard InChI is InChI=1S/C17H25NO/c1-3-16-12-8-5-9-13-18(16)14(2)17(19)15-10-6-4-7-11-15/h4,6-7,10-11,14,16H,3,5,8-9,12-13H2,1-2H3. The van der Waals surface area contributed by atoms with Gasteiger partial charge in [-0.15, -0.1) is 0 Å². The number of rotatable bonds is 4. The van der Waals surface area contributed by atoms with Crippen LogP contribution in [0, 0.1) is 0 Å². The lowest BCUT2D eigenvalue weighted by molar-refractivity contribution is 0.0758. The van der Waals surface area contributed by atoms with Gasteiger partial charge < -0.3 is 0 Å². The largest absolute Gasteiger partial charge is 0.292 e. The topological polar surface area (TPSA) is 20.3 Å². The molecule has 1 aliphatic heterocycles. The molecule has 0 spiro atoms. The average Bonchev–Trinajstić information content (AvgIpc) is 2.71. The second-order valence-electron chi connectivity index (χ2n) is 5.56. The third-order valence-electron chi connectivity index (χ3n) is 4.33. The summed E-state index contributed by atoms with van der Waals surface area (Å²) in [4.78, 5) is 15.0. The first kappa shape index (κ1) is 14.3. The molecule has 2 nitrogen and oxygen atoms in total. The zero-order valence-electron chi connectivity index (χ0n) is 12.1. The lowest BCUT2D eigenvalue weighted by atomic mass is 10.0. The molecular formula is C17H25NO. The molecule has 19 heavy (non-hydrogen) atoms. The summed E-state index contributed by atoms with van der Waals surface area (Å²) in [7, 11) is 0. The van der Waals surface area contributed by atoms with Crippen LogP contribution in [-0.2, 0) is 0 Å². The van der Waals surface area contributed by atoms with Crippen molar-refractivity contribution in [2.24, 2.45) is 0 Å². The van der Waals surface area contributed by atoms with E-state index < -0.39 is 0 Å². The average molecular weight is 259 g/mol. The molecule has 0 amide bonds. The van der Waals surface area contributed by atoms with E-state index in [9.17, 15) is 4.79 Å². The quantitative estimate of drug-likeness (QED) is 0.764. The van der Waals surface area contributed by atoms with Gasteiger partial charge >= 0.3 is 0 Å². The smallest absolute Gasteiger partial charge is 0.179 e. The maximum Gasteiger partial charge on any atom is 0.179 e. The van der Waals surface area contributed by atoms with Gasteiger partial charge in [0.2, 0.25) is 0 Å². The molecule has 2 heteroatoms. The maximum absolute atomic E-state index is 12.6. The first-order valence-electron chi connectivity index (χ1n) is 7.59. The van der Waals surface area contributed by atoms with Crippen LogP contribution in [-0.4, -0.2) is 29.3 Å². The highest BCUT2D eigenvalue weighted by Gasteiger charge is 2.28. The molecule has 104 valence electrons. The number of carbonyl (C=O) groups is 1. The Kier molecular flexibility index (Phi) is 5.15. The molecule has 0 aromatic heterocycles. The summed E-state index contributed by atoms with van der Waals surface area (Å²) in [5.41, 5.74) is 0.842. The van der Waals surface area contributed by atoms with Crippen molar-refractivity contribution in [3.8, 4) is 0 Å². The van der Waals surface area contributed by atoms with Crippen molar-refractivity contribution in [2.45, 2.75) is 58.0 Å². The Labute approximate surface area is 116 Å². The first-order valence-corrected chi connectivity index (χ1v) is 7.59. The number of likely N-dealkylation sites (tertiary alicyclic amines) is 1. The predicted octanol–water partition coefficient (Wildman–Crippen LogP) is 3.91. The van der Waals surface area contributed by atoms with E-state index in [0.717, 1.165) is 18.5 Å². The fraction of sp³-hybridized carbons (Fsp3) is 0.588. The number of hydrogen-bond acceptors (Lipinski definition) is 2. The van der Waals surface area contributed by atoms with Gasteiger partial charge in [-0.05, 0) is 32.7 Å². The van der Waals surface area contributed by atoms with Gasteiger partial charge in [0.1, 0.15) is 0 Å². The Balaban J connectivity index is 2.12. The van der Waals surface area contributed by atoms with Gasteiger partial charge in [0.05, 0.1) is 6.04 Å². The summed E-state index contributed by atoms with van der Waals surface area (Å²) >= 11 is 0. The summed E-state index contributed by atoms with van der Waals surface area (Å²) < 4.78 is 0. The molecule has 0 saturated carbocycles. The van der Waals surface area contributed by atoms with Gasteiger partial charge in [0.25, 0.3) is 0 Å². The van der Waals surface area contributed by atoms with Crippen LogP contribution in [0.5, 0.6) is 0 Å². The van der Waals surface area contributed by atoms with E-state index in [4.69, 9.17) is 0 Å². The van der Waals surface area contributed by atoms with E-state index in [1.54, 1.807) is 0 Å². The van der Waals surface area contributed by atoms with Crippen LogP contribution in [0.25, 0.3) is 0 Å². The van der Waals surface area contributed by atoms with Crippen LogP contribution < -0.4 is 0 Å². The summed E-state index contributed by atoms with van der Waals surface area (Å²) in [6.45, 7) is 5.38. The highest BCUT2D eigenvalue weighted by Crippen LogP contribution is 2.23. The lowest BCUT2D eigenvalue weighted by Gasteiger charge is -2.33. The van der Waals surface area contributed by atoms with Crippen LogP contribution in [0.1, 0.15) is 56.3 Å². The number of benzene rings is 1.